The van der Waals surface area contributed by atoms with Gasteiger partial charge in [-0.05, 0) is 37.4 Å². The molecule has 2 rings (SSSR count). The molecular formula is C17H28N2. The van der Waals surface area contributed by atoms with E-state index in [1.165, 1.54) is 57.1 Å². The van der Waals surface area contributed by atoms with Crippen molar-refractivity contribution in [2.24, 2.45) is 0 Å². The van der Waals surface area contributed by atoms with Crippen molar-refractivity contribution in [2.75, 3.05) is 12.3 Å². The van der Waals surface area contributed by atoms with E-state index in [9.17, 15) is 0 Å². The van der Waals surface area contributed by atoms with E-state index in [-0.39, 0.29) is 0 Å². The number of nitrogens with two attached hydrogens (primary N) is 1. The van der Waals surface area contributed by atoms with E-state index in [1.54, 1.807) is 0 Å². The van der Waals surface area contributed by atoms with E-state index in [2.05, 4.69) is 24.0 Å². The summed E-state index contributed by atoms with van der Waals surface area (Å²) in [6.07, 6.45) is 9.60. The van der Waals surface area contributed by atoms with Gasteiger partial charge in [0, 0.05) is 18.3 Å². The van der Waals surface area contributed by atoms with Crippen LogP contribution in [0.4, 0.5) is 5.69 Å². The van der Waals surface area contributed by atoms with E-state index >= 15 is 0 Å². The minimum Gasteiger partial charge on any atom is -0.398 e. The van der Waals surface area contributed by atoms with Crippen molar-refractivity contribution in [1.29, 1.82) is 0 Å². The number of hydrogen-bond acceptors (Lipinski definition) is 2. The van der Waals surface area contributed by atoms with Crippen molar-refractivity contribution >= 4 is 5.69 Å². The molecule has 2 N–H and O–H groups in total. The fourth-order valence-corrected chi connectivity index (χ4v) is 3.20. The summed E-state index contributed by atoms with van der Waals surface area (Å²) in [5.74, 6) is 0. The van der Waals surface area contributed by atoms with Gasteiger partial charge in [-0.15, -0.1) is 0 Å². The fraction of sp³-hybridized carbons (Fsp3) is 0.647. The third-order valence-corrected chi connectivity index (χ3v) is 4.28. The molecule has 1 aromatic carbocycles. The second kappa shape index (κ2) is 7.54. The lowest BCUT2D eigenvalue weighted by Crippen LogP contribution is -2.35. The second-order valence-electron chi connectivity index (χ2n) is 5.81. The van der Waals surface area contributed by atoms with Crippen molar-refractivity contribution in [3.63, 3.8) is 0 Å². The summed E-state index contributed by atoms with van der Waals surface area (Å²) >= 11 is 0. The summed E-state index contributed by atoms with van der Waals surface area (Å²) in [6.45, 7) is 4.49. The van der Waals surface area contributed by atoms with E-state index in [4.69, 9.17) is 5.73 Å². The Balaban J connectivity index is 2.04. The molecule has 1 saturated carbocycles. The molecule has 2 heteroatoms. The average molecular weight is 260 g/mol. The number of para-hydroxylation sites is 1. The van der Waals surface area contributed by atoms with Gasteiger partial charge in [0.05, 0.1) is 0 Å². The van der Waals surface area contributed by atoms with Crippen molar-refractivity contribution in [1.82, 2.24) is 4.90 Å². The van der Waals surface area contributed by atoms with Crippen LogP contribution in [0.3, 0.4) is 0 Å². The van der Waals surface area contributed by atoms with Gasteiger partial charge in [0.15, 0.2) is 0 Å². The third kappa shape index (κ3) is 4.24. The molecule has 0 atom stereocenters. The molecular weight excluding hydrogens is 232 g/mol. The summed E-state index contributed by atoms with van der Waals surface area (Å²) in [5.41, 5.74) is 8.33. The van der Waals surface area contributed by atoms with Crippen LogP contribution < -0.4 is 5.73 Å². The first kappa shape index (κ1) is 14.4. The molecule has 0 spiro atoms. The predicted molar refractivity (Wildman–Crippen MR) is 83.0 cm³/mol. The molecule has 0 amide bonds. The minimum absolute atomic E-state index is 0.766. The van der Waals surface area contributed by atoms with Crippen molar-refractivity contribution in [2.45, 2.75) is 64.5 Å². The van der Waals surface area contributed by atoms with Crippen molar-refractivity contribution in [3.8, 4) is 0 Å². The van der Waals surface area contributed by atoms with Gasteiger partial charge in [-0.2, -0.15) is 0 Å². The molecule has 1 fully saturated rings. The smallest absolute Gasteiger partial charge is 0.0359 e. The van der Waals surface area contributed by atoms with Crippen LogP contribution in [0.15, 0.2) is 24.3 Å². The van der Waals surface area contributed by atoms with E-state index in [0.29, 0.717) is 0 Å². The molecule has 0 unspecified atom stereocenters. The lowest BCUT2D eigenvalue weighted by Gasteiger charge is -2.31. The highest BCUT2D eigenvalue weighted by molar-refractivity contribution is 5.46. The van der Waals surface area contributed by atoms with Crippen LogP contribution in [0.25, 0.3) is 0 Å². The lowest BCUT2D eigenvalue weighted by atomic mass is 10.0. The summed E-state index contributed by atoms with van der Waals surface area (Å²) in [5, 5.41) is 0. The van der Waals surface area contributed by atoms with Crippen LogP contribution in [0, 0.1) is 0 Å². The molecule has 0 aliphatic heterocycles. The number of anilines is 1. The third-order valence-electron chi connectivity index (χ3n) is 4.28. The minimum atomic E-state index is 0.766. The Morgan fingerprint density at radius 3 is 2.42 bits per heavy atom. The molecule has 0 saturated heterocycles. The highest BCUT2D eigenvalue weighted by Crippen LogP contribution is 2.24. The van der Waals surface area contributed by atoms with E-state index in [0.717, 1.165) is 18.3 Å². The largest absolute Gasteiger partial charge is 0.398 e. The van der Waals surface area contributed by atoms with Gasteiger partial charge in [-0.1, -0.05) is 50.8 Å². The molecule has 0 aromatic heterocycles. The topological polar surface area (TPSA) is 29.3 Å². The molecule has 1 aromatic rings. The SMILES string of the molecule is CCCN(Cc1ccccc1N)C1CCCCCC1. The molecule has 106 valence electrons. The van der Waals surface area contributed by atoms with Gasteiger partial charge < -0.3 is 5.73 Å². The van der Waals surface area contributed by atoms with Gasteiger partial charge in [0.2, 0.25) is 0 Å². The average Bonchev–Trinajstić information content (AvgIpc) is 2.69. The normalized spacial score (nSPS) is 17.6. The number of benzene rings is 1. The monoisotopic (exact) mass is 260 g/mol. The van der Waals surface area contributed by atoms with Gasteiger partial charge in [0.25, 0.3) is 0 Å². The summed E-state index contributed by atoms with van der Waals surface area (Å²) in [6, 6.07) is 9.08. The highest BCUT2D eigenvalue weighted by Gasteiger charge is 2.20. The molecule has 1 aliphatic carbocycles. The summed E-state index contributed by atoms with van der Waals surface area (Å²) in [4.78, 5) is 2.66. The van der Waals surface area contributed by atoms with Gasteiger partial charge in [-0.25, -0.2) is 0 Å². The van der Waals surface area contributed by atoms with Gasteiger partial charge >= 0.3 is 0 Å². The van der Waals surface area contributed by atoms with E-state index < -0.39 is 0 Å². The maximum Gasteiger partial charge on any atom is 0.0359 e. The Hall–Kier alpha value is -1.02. The van der Waals surface area contributed by atoms with Crippen LogP contribution >= 0.6 is 0 Å². The quantitative estimate of drug-likeness (QED) is 0.635. The lowest BCUT2D eigenvalue weighted by molar-refractivity contribution is 0.170. The first-order chi connectivity index (χ1) is 9.31. The molecule has 19 heavy (non-hydrogen) atoms. The number of nitrogens with zero attached hydrogens (tertiary/aromatic N) is 1. The van der Waals surface area contributed by atoms with Crippen LogP contribution in [0.2, 0.25) is 0 Å². The first-order valence-corrected chi connectivity index (χ1v) is 7.88. The Morgan fingerprint density at radius 2 is 1.79 bits per heavy atom. The van der Waals surface area contributed by atoms with Gasteiger partial charge in [0.1, 0.15) is 0 Å². The standard InChI is InChI=1S/C17H28N2/c1-2-13-19(16-10-5-3-4-6-11-16)14-15-9-7-8-12-17(15)18/h7-9,12,16H,2-6,10-11,13-14,18H2,1H3. The van der Waals surface area contributed by atoms with Gasteiger partial charge in [-0.3, -0.25) is 4.90 Å². The first-order valence-electron chi connectivity index (χ1n) is 7.88. The Morgan fingerprint density at radius 1 is 1.11 bits per heavy atom. The predicted octanol–water partition coefficient (Wildman–Crippen LogP) is 4.20. The van der Waals surface area contributed by atoms with Crippen LogP contribution in [-0.4, -0.2) is 17.5 Å². The number of rotatable bonds is 5. The Kier molecular flexibility index (Phi) is 5.71. The molecule has 1 aliphatic rings. The zero-order valence-corrected chi connectivity index (χ0v) is 12.3. The highest BCUT2D eigenvalue weighted by atomic mass is 15.1. The maximum atomic E-state index is 6.10. The van der Waals surface area contributed by atoms with Crippen molar-refractivity contribution in [3.05, 3.63) is 29.8 Å². The summed E-state index contributed by atoms with van der Waals surface area (Å²) < 4.78 is 0. The van der Waals surface area contributed by atoms with Crippen molar-refractivity contribution < 1.29 is 0 Å². The molecule has 0 bridgehead atoms. The zero-order chi connectivity index (χ0) is 13.5. The Bertz CT molecular complexity index is 367. The second-order valence-corrected chi connectivity index (χ2v) is 5.81. The fourth-order valence-electron chi connectivity index (χ4n) is 3.20. The number of nitrogen functional groups attached to an aromatic ring is 1. The van der Waals surface area contributed by atoms with E-state index in [1.807, 2.05) is 12.1 Å². The zero-order valence-electron chi connectivity index (χ0n) is 12.3. The van der Waals surface area contributed by atoms with Crippen LogP contribution in [0.1, 0.15) is 57.4 Å². The molecule has 0 radical (unpaired) electrons. The molecule has 2 nitrogen and oxygen atoms in total. The molecule has 0 heterocycles. The Labute approximate surface area is 118 Å². The summed E-state index contributed by atoms with van der Waals surface area (Å²) in [7, 11) is 0. The van der Waals surface area contributed by atoms with Crippen LogP contribution in [0.5, 0.6) is 0 Å². The maximum absolute atomic E-state index is 6.10. The number of hydrogen-bond donors (Lipinski definition) is 1. The van der Waals surface area contributed by atoms with Crippen LogP contribution in [-0.2, 0) is 6.54 Å².